The quantitative estimate of drug-likeness (QED) is 0.359. The van der Waals surface area contributed by atoms with Crippen molar-refractivity contribution in [1.82, 2.24) is 5.43 Å². The Labute approximate surface area is 101 Å². The van der Waals surface area contributed by atoms with Crippen LogP contribution in [0.3, 0.4) is 0 Å². The van der Waals surface area contributed by atoms with Crippen molar-refractivity contribution in [3.05, 3.63) is 21.9 Å². The zero-order chi connectivity index (χ0) is 11.4. The van der Waals surface area contributed by atoms with Gasteiger partial charge in [0, 0.05) is 4.88 Å². The number of hydrogen-bond donors (Lipinski definition) is 2. The molecule has 0 aliphatic heterocycles. The monoisotopic (exact) mass is 237 g/mol. The zero-order valence-corrected chi connectivity index (χ0v) is 10.5. The van der Waals surface area contributed by atoms with E-state index < -0.39 is 0 Å². The highest BCUT2D eigenvalue weighted by Gasteiger charge is 2.14. The van der Waals surface area contributed by atoms with Crippen molar-refractivity contribution >= 4 is 17.2 Å². The minimum atomic E-state index is 0.460. The summed E-state index contributed by atoms with van der Waals surface area (Å²) in [7, 11) is 0. The summed E-state index contributed by atoms with van der Waals surface area (Å²) in [6, 6.07) is 4.65. The molecule has 1 aliphatic carbocycles. The lowest BCUT2D eigenvalue weighted by Crippen LogP contribution is -2.32. The fourth-order valence-corrected chi connectivity index (χ4v) is 2.95. The van der Waals surface area contributed by atoms with Gasteiger partial charge in [-0.1, -0.05) is 19.3 Å². The number of thiophene rings is 1. The normalized spacial score (nSPS) is 18.8. The lowest BCUT2D eigenvalue weighted by Gasteiger charge is -2.18. The Bertz CT molecular complexity index is 364. The van der Waals surface area contributed by atoms with Crippen molar-refractivity contribution in [2.45, 2.75) is 45.1 Å². The van der Waals surface area contributed by atoms with Gasteiger partial charge in [-0.15, -0.1) is 11.3 Å². The fourth-order valence-electron chi connectivity index (χ4n) is 2.13. The Morgan fingerprint density at radius 2 is 2.12 bits per heavy atom. The van der Waals surface area contributed by atoms with Crippen LogP contribution in [-0.2, 0) is 0 Å². The lowest BCUT2D eigenvalue weighted by molar-refractivity contribution is 0.442. The first-order valence-electron chi connectivity index (χ1n) is 5.91. The molecule has 1 aromatic rings. The highest BCUT2D eigenvalue weighted by atomic mass is 32.1. The maximum atomic E-state index is 5.56. The number of amidine groups is 1. The van der Waals surface area contributed by atoms with Crippen molar-refractivity contribution in [2.24, 2.45) is 10.8 Å². The van der Waals surface area contributed by atoms with Crippen molar-refractivity contribution in [2.75, 3.05) is 0 Å². The van der Waals surface area contributed by atoms with Gasteiger partial charge in [-0.25, -0.2) is 5.84 Å². The summed E-state index contributed by atoms with van der Waals surface area (Å²) in [4.78, 5) is 7.17. The number of aryl methyl sites for hydroxylation is 1. The van der Waals surface area contributed by atoms with Crippen LogP contribution in [0.1, 0.15) is 41.9 Å². The van der Waals surface area contributed by atoms with Crippen LogP contribution < -0.4 is 11.3 Å². The van der Waals surface area contributed by atoms with E-state index in [1.165, 1.54) is 37.0 Å². The van der Waals surface area contributed by atoms with Crippen molar-refractivity contribution in [3.8, 4) is 0 Å². The van der Waals surface area contributed by atoms with Gasteiger partial charge in [0.05, 0.1) is 10.9 Å². The third kappa shape index (κ3) is 2.83. The smallest absolute Gasteiger partial charge is 0.153 e. The van der Waals surface area contributed by atoms with Crippen molar-refractivity contribution in [1.29, 1.82) is 0 Å². The minimum absolute atomic E-state index is 0.460. The van der Waals surface area contributed by atoms with Gasteiger partial charge >= 0.3 is 0 Å². The summed E-state index contributed by atoms with van der Waals surface area (Å²) < 4.78 is 0. The van der Waals surface area contributed by atoms with E-state index in [1.54, 1.807) is 11.3 Å². The molecule has 1 heterocycles. The highest BCUT2D eigenvalue weighted by Crippen LogP contribution is 2.22. The average Bonchev–Trinajstić information content (AvgIpc) is 2.74. The topological polar surface area (TPSA) is 50.4 Å². The largest absolute Gasteiger partial charge is 0.308 e. The zero-order valence-electron chi connectivity index (χ0n) is 9.70. The summed E-state index contributed by atoms with van der Waals surface area (Å²) in [5.74, 6) is 6.41. The highest BCUT2D eigenvalue weighted by molar-refractivity contribution is 7.14. The second-order valence-corrected chi connectivity index (χ2v) is 5.61. The van der Waals surface area contributed by atoms with E-state index in [9.17, 15) is 0 Å². The van der Waals surface area contributed by atoms with Crippen LogP contribution in [0.5, 0.6) is 0 Å². The molecule has 1 saturated carbocycles. The predicted octanol–water partition coefficient (Wildman–Crippen LogP) is 2.60. The van der Waals surface area contributed by atoms with Crippen LogP contribution in [0.25, 0.3) is 0 Å². The molecule has 88 valence electrons. The molecular formula is C12H19N3S. The van der Waals surface area contributed by atoms with Gasteiger partial charge in [0.25, 0.3) is 0 Å². The first kappa shape index (κ1) is 11.6. The Morgan fingerprint density at radius 3 is 2.69 bits per heavy atom. The maximum Gasteiger partial charge on any atom is 0.153 e. The molecule has 3 N–H and O–H groups in total. The summed E-state index contributed by atoms with van der Waals surface area (Å²) in [6.45, 7) is 2.10. The molecule has 4 heteroatoms. The van der Waals surface area contributed by atoms with E-state index in [2.05, 4.69) is 24.5 Å². The summed E-state index contributed by atoms with van der Waals surface area (Å²) in [5, 5.41) is 0. The molecule has 0 saturated heterocycles. The lowest BCUT2D eigenvalue weighted by atomic mass is 9.96. The van der Waals surface area contributed by atoms with Gasteiger partial charge < -0.3 is 5.43 Å². The van der Waals surface area contributed by atoms with Gasteiger partial charge in [-0.3, -0.25) is 4.99 Å². The molecule has 2 rings (SSSR count). The third-order valence-electron chi connectivity index (χ3n) is 3.00. The Morgan fingerprint density at radius 1 is 1.38 bits per heavy atom. The average molecular weight is 237 g/mol. The molecule has 1 aliphatic rings. The molecule has 1 fully saturated rings. The molecular weight excluding hydrogens is 218 g/mol. The first-order chi connectivity index (χ1) is 7.79. The van der Waals surface area contributed by atoms with E-state index in [4.69, 9.17) is 10.8 Å². The van der Waals surface area contributed by atoms with Gasteiger partial charge in [-0.05, 0) is 31.9 Å². The molecule has 1 aromatic heterocycles. The van der Waals surface area contributed by atoms with E-state index in [0.29, 0.717) is 6.04 Å². The van der Waals surface area contributed by atoms with Crippen LogP contribution >= 0.6 is 11.3 Å². The molecule has 0 radical (unpaired) electrons. The molecule has 3 nitrogen and oxygen atoms in total. The van der Waals surface area contributed by atoms with Gasteiger partial charge in [-0.2, -0.15) is 0 Å². The van der Waals surface area contributed by atoms with Crippen LogP contribution in [-0.4, -0.2) is 11.9 Å². The SMILES string of the molecule is Cc1ccc(C(=NC2CCCCC2)NN)s1. The summed E-state index contributed by atoms with van der Waals surface area (Å²) in [5.41, 5.74) is 2.74. The van der Waals surface area contributed by atoms with Gasteiger partial charge in [0.15, 0.2) is 5.84 Å². The van der Waals surface area contributed by atoms with Crippen molar-refractivity contribution in [3.63, 3.8) is 0 Å². The second kappa shape index (κ2) is 5.46. The number of hydrazine groups is 1. The number of rotatable bonds is 2. The standard InChI is InChI=1S/C12H19N3S/c1-9-7-8-11(16-9)12(15-13)14-10-5-3-2-4-6-10/h7-8,10H,2-6,13H2,1H3,(H,14,15). The molecule has 0 bridgehead atoms. The summed E-state index contributed by atoms with van der Waals surface area (Å²) >= 11 is 1.74. The van der Waals surface area contributed by atoms with E-state index in [0.717, 1.165) is 10.7 Å². The van der Waals surface area contributed by atoms with Gasteiger partial charge in [0.1, 0.15) is 0 Å². The molecule has 0 aromatic carbocycles. The van der Waals surface area contributed by atoms with Crippen LogP contribution in [0.15, 0.2) is 17.1 Å². The Balaban J connectivity index is 2.11. The molecule has 16 heavy (non-hydrogen) atoms. The summed E-state index contributed by atoms with van der Waals surface area (Å²) in [6.07, 6.45) is 6.37. The number of nitrogens with one attached hydrogen (secondary N) is 1. The van der Waals surface area contributed by atoms with Crippen LogP contribution in [0, 0.1) is 6.92 Å². The van der Waals surface area contributed by atoms with Gasteiger partial charge in [0.2, 0.25) is 0 Å². The third-order valence-corrected chi connectivity index (χ3v) is 4.00. The van der Waals surface area contributed by atoms with Crippen LogP contribution in [0.2, 0.25) is 0 Å². The molecule has 0 amide bonds. The fraction of sp³-hybridized carbons (Fsp3) is 0.583. The minimum Gasteiger partial charge on any atom is -0.308 e. The number of nitrogens with two attached hydrogens (primary N) is 1. The van der Waals surface area contributed by atoms with Crippen molar-refractivity contribution < 1.29 is 0 Å². The molecule has 0 unspecified atom stereocenters. The molecule has 0 spiro atoms. The van der Waals surface area contributed by atoms with E-state index >= 15 is 0 Å². The second-order valence-electron chi connectivity index (χ2n) is 4.32. The number of aliphatic imine (C=N–C) groups is 1. The number of hydrogen-bond acceptors (Lipinski definition) is 3. The Hall–Kier alpha value is -0.870. The Kier molecular flexibility index (Phi) is 3.96. The number of nitrogens with zero attached hydrogens (tertiary/aromatic N) is 1. The maximum absolute atomic E-state index is 5.56. The first-order valence-corrected chi connectivity index (χ1v) is 6.72. The van der Waals surface area contributed by atoms with Crippen LogP contribution in [0.4, 0.5) is 0 Å². The van der Waals surface area contributed by atoms with E-state index in [-0.39, 0.29) is 0 Å². The predicted molar refractivity (Wildman–Crippen MR) is 69.8 cm³/mol. The van der Waals surface area contributed by atoms with E-state index in [1.807, 2.05) is 0 Å². The molecule has 0 atom stereocenters.